The van der Waals surface area contributed by atoms with Crippen LogP contribution >= 0.6 is 0 Å². The minimum atomic E-state index is -0.308. The van der Waals surface area contributed by atoms with Gasteiger partial charge in [-0.1, -0.05) is 75.9 Å². The van der Waals surface area contributed by atoms with Gasteiger partial charge in [-0.3, -0.25) is 0 Å². The summed E-state index contributed by atoms with van der Waals surface area (Å²) in [6.07, 6.45) is 11.0. The third kappa shape index (κ3) is 5.80. The van der Waals surface area contributed by atoms with Crippen molar-refractivity contribution < 1.29 is 13.9 Å². The van der Waals surface area contributed by atoms with Gasteiger partial charge in [-0.15, -0.1) is 0 Å². The molecule has 0 radical (unpaired) electrons. The zero-order chi connectivity index (χ0) is 22.3. The van der Waals surface area contributed by atoms with Crippen molar-refractivity contribution in [3.05, 3.63) is 59.4 Å². The minimum Gasteiger partial charge on any atom is -0.348 e. The van der Waals surface area contributed by atoms with Crippen molar-refractivity contribution in [2.45, 2.75) is 83.8 Å². The average Bonchev–Trinajstić information content (AvgIpc) is 2.84. The molecular formula is C29H39FO2. The predicted molar refractivity (Wildman–Crippen MR) is 129 cm³/mol. The molecule has 1 saturated carbocycles. The Bertz CT molecular complexity index is 831. The van der Waals surface area contributed by atoms with Crippen LogP contribution in [0.2, 0.25) is 0 Å². The topological polar surface area (TPSA) is 18.5 Å². The maximum atomic E-state index is 15.1. The molecule has 2 fully saturated rings. The van der Waals surface area contributed by atoms with E-state index in [9.17, 15) is 0 Å². The van der Waals surface area contributed by atoms with Crippen LogP contribution in [-0.2, 0) is 9.47 Å². The Balaban J connectivity index is 1.36. The van der Waals surface area contributed by atoms with Crippen LogP contribution in [0.5, 0.6) is 0 Å². The van der Waals surface area contributed by atoms with E-state index in [1.165, 1.54) is 50.5 Å². The molecule has 2 nitrogen and oxygen atoms in total. The molecule has 0 atom stereocenters. The van der Waals surface area contributed by atoms with Crippen molar-refractivity contribution in [1.82, 2.24) is 0 Å². The Morgan fingerprint density at radius 3 is 2.09 bits per heavy atom. The van der Waals surface area contributed by atoms with Crippen LogP contribution in [-0.4, -0.2) is 13.2 Å². The molecule has 2 aliphatic rings. The van der Waals surface area contributed by atoms with Crippen LogP contribution in [0.3, 0.4) is 0 Å². The number of unbranched alkanes of at least 4 members (excludes halogenated alkanes) is 1. The highest BCUT2D eigenvalue weighted by Crippen LogP contribution is 2.39. The summed E-state index contributed by atoms with van der Waals surface area (Å²) in [5.74, 6) is 1.77. The molecule has 174 valence electrons. The second kappa shape index (κ2) is 11.4. The highest BCUT2D eigenvalue weighted by atomic mass is 19.1. The predicted octanol–water partition coefficient (Wildman–Crippen LogP) is 8.42. The van der Waals surface area contributed by atoms with Crippen molar-refractivity contribution in [2.75, 3.05) is 13.2 Å². The molecule has 0 amide bonds. The molecule has 0 unspecified atom stereocenters. The van der Waals surface area contributed by atoms with Crippen molar-refractivity contribution in [3.63, 3.8) is 0 Å². The van der Waals surface area contributed by atoms with Crippen LogP contribution in [0, 0.1) is 17.7 Å². The number of ether oxygens (including phenoxy) is 2. The summed E-state index contributed by atoms with van der Waals surface area (Å²) in [6, 6.07) is 13.9. The van der Waals surface area contributed by atoms with Crippen LogP contribution < -0.4 is 0 Å². The monoisotopic (exact) mass is 438 g/mol. The summed E-state index contributed by atoms with van der Waals surface area (Å²) in [6.45, 7) is 5.95. The van der Waals surface area contributed by atoms with Gasteiger partial charge in [0.05, 0.1) is 13.2 Å². The summed E-state index contributed by atoms with van der Waals surface area (Å²) in [4.78, 5) is 0. The van der Waals surface area contributed by atoms with Crippen LogP contribution in [0.15, 0.2) is 42.5 Å². The molecule has 4 rings (SSSR count). The maximum absolute atomic E-state index is 15.1. The van der Waals surface area contributed by atoms with Gasteiger partial charge >= 0.3 is 0 Å². The van der Waals surface area contributed by atoms with Gasteiger partial charge in [0.15, 0.2) is 6.29 Å². The van der Waals surface area contributed by atoms with Gasteiger partial charge in [-0.05, 0) is 61.1 Å². The van der Waals surface area contributed by atoms with Crippen molar-refractivity contribution in [1.29, 1.82) is 0 Å². The molecule has 1 saturated heterocycles. The standard InChI is InChI=1S/C29H39FO2/c1-3-5-7-21-8-10-23(11-9-21)26-16-17-27(28(30)18-26)24-12-14-25(15-13-24)29-31-19-22(6-4-2)20-32-29/h12-18,21-23,29H,3-11,19-20H2,1-2H3/t21-,22?,23-,29?. The van der Waals surface area contributed by atoms with Gasteiger partial charge in [0.25, 0.3) is 0 Å². The van der Waals surface area contributed by atoms with Gasteiger partial charge in [0.1, 0.15) is 5.82 Å². The van der Waals surface area contributed by atoms with Crippen LogP contribution in [0.25, 0.3) is 11.1 Å². The quantitative estimate of drug-likeness (QED) is 0.412. The van der Waals surface area contributed by atoms with Crippen molar-refractivity contribution >= 4 is 0 Å². The normalized spacial score (nSPS) is 26.2. The number of hydrogen-bond donors (Lipinski definition) is 0. The first-order valence-corrected chi connectivity index (χ1v) is 12.8. The largest absolute Gasteiger partial charge is 0.348 e. The lowest BCUT2D eigenvalue weighted by Gasteiger charge is -2.29. The molecule has 1 aliphatic heterocycles. The highest BCUT2D eigenvalue weighted by Gasteiger charge is 2.24. The first-order chi connectivity index (χ1) is 15.7. The summed E-state index contributed by atoms with van der Waals surface area (Å²) < 4.78 is 26.9. The molecule has 1 aliphatic carbocycles. The van der Waals surface area contributed by atoms with Gasteiger partial charge in [0, 0.05) is 17.0 Å². The lowest BCUT2D eigenvalue weighted by Crippen LogP contribution is -2.26. The van der Waals surface area contributed by atoms with Crippen molar-refractivity contribution in [2.24, 2.45) is 11.8 Å². The van der Waals surface area contributed by atoms with Crippen molar-refractivity contribution in [3.8, 4) is 11.1 Å². The van der Waals surface area contributed by atoms with Crippen LogP contribution in [0.1, 0.15) is 95.0 Å². The molecule has 2 aromatic carbocycles. The fourth-order valence-corrected chi connectivity index (χ4v) is 5.43. The molecule has 0 spiro atoms. The van der Waals surface area contributed by atoms with Gasteiger partial charge in [-0.2, -0.15) is 0 Å². The summed E-state index contributed by atoms with van der Waals surface area (Å²) in [5, 5.41) is 0. The first-order valence-electron chi connectivity index (χ1n) is 12.8. The van der Waals surface area contributed by atoms with E-state index in [0.29, 0.717) is 17.4 Å². The molecule has 2 aromatic rings. The molecular weight excluding hydrogens is 399 g/mol. The zero-order valence-corrected chi connectivity index (χ0v) is 19.8. The van der Waals surface area contributed by atoms with E-state index in [-0.39, 0.29) is 12.1 Å². The molecule has 32 heavy (non-hydrogen) atoms. The van der Waals surface area contributed by atoms with E-state index in [0.717, 1.165) is 43.1 Å². The number of hydrogen-bond acceptors (Lipinski definition) is 2. The van der Waals surface area contributed by atoms with E-state index in [4.69, 9.17) is 9.47 Å². The maximum Gasteiger partial charge on any atom is 0.183 e. The number of benzene rings is 2. The van der Waals surface area contributed by atoms with Crippen LogP contribution in [0.4, 0.5) is 4.39 Å². The third-order valence-electron chi connectivity index (χ3n) is 7.43. The fourth-order valence-electron chi connectivity index (χ4n) is 5.43. The zero-order valence-electron chi connectivity index (χ0n) is 19.8. The molecule has 0 aromatic heterocycles. The number of rotatable bonds is 8. The van der Waals surface area contributed by atoms with E-state index >= 15 is 4.39 Å². The van der Waals surface area contributed by atoms with E-state index in [1.807, 2.05) is 30.3 Å². The summed E-state index contributed by atoms with van der Waals surface area (Å²) >= 11 is 0. The SMILES string of the molecule is CCCC[C@H]1CC[C@H](c2ccc(-c3ccc(C4OCC(CCC)CO4)cc3)c(F)c2)CC1. The summed E-state index contributed by atoms with van der Waals surface area (Å²) in [7, 11) is 0. The lowest BCUT2D eigenvalue weighted by molar-refractivity contribution is -0.206. The van der Waals surface area contributed by atoms with Gasteiger partial charge in [0.2, 0.25) is 0 Å². The Kier molecular flexibility index (Phi) is 8.37. The van der Waals surface area contributed by atoms with Gasteiger partial charge in [-0.25, -0.2) is 4.39 Å². The second-order valence-electron chi connectivity index (χ2n) is 9.87. The lowest BCUT2D eigenvalue weighted by atomic mass is 9.77. The average molecular weight is 439 g/mol. The van der Waals surface area contributed by atoms with E-state index in [1.54, 1.807) is 6.07 Å². The Morgan fingerprint density at radius 2 is 1.47 bits per heavy atom. The smallest absolute Gasteiger partial charge is 0.183 e. The molecule has 1 heterocycles. The van der Waals surface area contributed by atoms with Gasteiger partial charge < -0.3 is 9.47 Å². The molecule has 0 bridgehead atoms. The highest BCUT2D eigenvalue weighted by molar-refractivity contribution is 5.65. The third-order valence-corrected chi connectivity index (χ3v) is 7.43. The fraction of sp³-hybridized carbons (Fsp3) is 0.586. The van der Waals surface area contributed by atoms with E-state index < -0.39 is 0 Å². The van der Waals surface area contributed by atoms with E-state index in [2.05, 4.69) is 19.9 Å². The Morgan fingerprint density at radius 1 is 0.781 bits per heavy atom. The first kappa shape index (κ1) is 23.4. The second-order valence-corrected chi connectivity index (χ2v) is 9.87. The number of halogens is 1. The molecule has 0 N–H and O–H groups in total. The molecule has 3 heteroatoms. The minimum absolute atomic E-state index is 0.115. The Labute approximate surface area is 193 Å². The summed E-state index contributed by atoms with van der Waals surface area (Å²) in [5.41, 5.74) is 3.74. The Hall–Kier alpha value is -1.71.